The highest BCUT2D eigenvalue weighted by Gasteiger charge is 2.25. The lowest BCUT2D eigenvalue weighted by molar-refractivity contribution is 0.324. The summed E-state index contributed by atoms with van der Waals surface area (Å²) in [6, 6.07) is 3.74. The smallest absolute Gasteiger partial charge is 0.203 e. The van der Waals surface area contributed by atoms with Crippen LogP contribution in [-0.2, 0) is 0 Å². The van der Waals surface area contributed by atoms with Crippen LogP contribution in [0.2, 0.25) is 0 Å². The Kier molecular flexibility index (Phi) is 4.32. The number of aliphatic imine (C=N–C) groups is 1. The van der Waals surface area contributed by atoms with Crippen LogP contribution in [0.4, 0.5) is 5.69 Å². The Hall–Kier alpha value is -1.56. The molecule has 0 amide bonds. The molecule has 2 rings (SSSR count). The van der Waals surface area contributed by atoms with Crippen molar-refractivity contribution in [2.45, 2.75) is 19.4 Å². The lowest BCUT2D eigenvalue weighted by Crippen LogP contribution is -2.15. The van der Waals surface area contributed by atoms with Gasteiger partial charge in [-0.1, -0.05) is 11.8 Å². The Bertz CT molecular complexity index is 504. The number of amidine groups is 1. The third-order valence-electron chi connectivity index (χ3n) is 2.88. The van der Waals surface area contributed by atoms with Gasteiger partial charge in [0.05, 0.1) is 26.9 Å². The quantitative estimate of drug-likeness (QED) is 0.925. The zero-order chi connectivity index (χ0) is 14.8. The lowest BCUT2D eigenvalue weighted by atomic mass is 10.1. The molecular formula is C14H20N2O3S. The van der Waals surface area contributed by atoms with Crippen LogP contribution in [0.1, 0.15) is 13.8 Å². The van der Waals surface area contributed by atoms with Gasteiger partial charge in [0.25, 0.3) is 0 Å². The van der Waals surface area contributed by atoms with Gasteiger partial charge in [-0.3, -0.25) is 4.99 Å². The second-order valence-electron chi connectivity index (χ2n) is 5.06. The molecule has 110 valence electrons. The minimum Gasteiger partial charge on any atom is -0.493 e. The second kappa shape index (κ2) is 5.83. The molecule has 1 aliphatic heterocycles. The van der Waals surface area contributed by atoms with Gasteiger partial charge in [-0.05, 0) is 13.8 Å². The van der Waals surface area contributed by atoms with Crippen molar-refractivity contribution >= 4 is 22.6 Å². The first-order chi connectivity index (χ1) is 9.49. The normalized spacial score (nSPS) is 16.6. The number of rotatable bonds is 4. The number of nitrogens with zero attached hydrogens (tertiary/aromatic N) is 1. The molecule has 0 aromatic heterocycles. The lowest BCUT2D eigenvalue weighted by Gasteiger charge is -2.14. The molecule has 0 saturated heterocycles. The van der Waals surface area contributed by atoms with Gasteiger partial charge in [0, 0.05) is 23.6 Å². The maximum Gasteiger partial charge on any atom is 0.203 e. The van der Waals surface area contributed by atoms with Crippen LogP contribution in [0.25, 0.3) is 0 Å². The van der Waals surface area contributed by atoms with Crippen LogP contribution >= 0.6 is 11.8 Å². The van der Waals surface area contributed by atoms with Crippen LogP contribution in [0, 0.1) is 0 Å². The predicted molar refractivity (Wildman–Crippen MR) is 83.7 cm³/mol. The number of hydrogen-bond donors (Lipinski definition) is 1. The summed E-state index contributed by atoms with van der Waals surface area (Å²) in [5, 5.41) is 4.20. The van der Waals surface area contributed by atoms with E-state index in [1.54, 1.807) is 33.1 Å². The minimum absolute atomic E-state index is 0.0202. The van der Waals surface area contributed by atoms with Crippen LogP contribution < -0.4 is 19.5 Å². The summed E-state index contributed by atoms with van der Waals surface area (Å²) in [5.41, 5.74) is 0.844. The first-order valence-electron chi connectivity index (χ1n) is 6.29. The molecule has 0 radical (unpaired) electrons. The highest BCUT2D eigenvalue weighted by Crippen LogP contribution is 2.40. The minimum atomic E-state index is -0.0202. The first-order valence-corrected chi connectivity index (χ1v) is 7.27. The van der Waals surface area contributed by atoms with Crippen molar-refractivity contribution in [3.63, 3.8) is 0 Å². The van der Waals surface area contributed by atoms with Gasteiger partial charge in [0.15, 0.2) is 16.7 Å². The number of anilines is 1. The van der Waals surface area contributed by atoms with Crippen molar-refractivity contribution in [3.05, 3.63) is 12.1 Å². The Morgan fingerprint density at radius 3 is 2.10 bits per heavy atom. The van der Waals surface area contributed by atoms with Crippen LogP contribution in [0.15, 0.2) is 17.1 Å². The summed E-state index contributed by atoms with van der Waals surface area (Å²) in [6.45, 7) is 4.23. The van der Waals surface area contributed by atoms with Crippen molar-refractivity contribution in [3.8, 4) is 17.2 Å². The fourth-order valence-corrected chi connectivity index (χ4v) is 2.98. The van der Waals surface area contributed by atoms with Crippen LogP contribution in [-0.4, -0.2) is 37.8 Å². The molecule has 20 heavy (non-hydrogen) atoms. The van der Waals surface area contributed by atoms with Crippen molar-refractivity contribution in [1.29, 1.82) is 0 Å². The molecule has 0 bridgehead atoms. The molecule has 1 N–H and O–H groups in total. The molecule has 1 aliphatic rings. The third-order valence-corrected chi connectivity index (χ3v) is 4.20. The fraction of sp³-hybridized carbons (Fsp3) is 0.500. The Morgan fingerprint density at radius 1 is 1.10 bits per heavy atom. The fourth-order valence-electron chi connectivity index (χ4n) is 1.93. The summed E-state index contributed by atoms with van der Waals surface area (Å²) >= 11 is 1.71. The van der Waals surface area contributed by atoms with Crippen molar-refractivity contribution in [1.82, 2.24) is 0 Å². The molecular weight excluding hydrogens is 276 g/mol. The summed E-state index contributed by atoms with van der Waals surface area (Å²) < 4.78 is 16.0. The molecule has 1 aromatic rings. The van der Waals surface area contributed by atoms with Crippen molar-refractivity contribution in [2.24, 2.45) is 4.99 Å². The van der Waals surface area contributed by atoms with E-state index in [0.29, 0.717) is 17.2 Å². The average Bonchev–Trinajstić information content (AvgIpc) is 2.76. The zero-order valence-electron chi connectivity index (χ0n) is 12.4. The van der Waals surface area contributed by atoms with Gasteiger partial charge >= 0.3 is 0 Å². The van der Waals surface area contributed by atoms with E-state index in [0.717, 1.165) is 16.6 Å². The highest BCUT2D eigenvalue weighted by atomic mass is 32.2. The summed E-state index contributed by atoms with van der Waals surface area (Å²) in [4.78, 5) is 4.62. The van der Waals surface area contributed by atoms with Gasteiger partial charge in [0.2, 0.25) is 5.75 Å². The standard InChI is InChI=1S/C14H20N2O3S/c1-14(2)8-20-13(16-14)15-9-6-10(17-3)12(19-5)11(7-9)18-4/h6-7H,8H2,1-5H3,(H,15,16). The number of methoxy groups -OCH3 is 3. The monoisotopic (exact) mass is 296 g/mol. The van der Waals surface area contributed by atoms with E-state index < -0.39 is 0 Å². The SMILES string of the molecule is COc1cc(NC2=NC(C)(C)CS2)cc(OC)c1OC. The van der Waals surface area contributed by atoms with E-state index in [9.17, 15) is 0 Å². The molecule has 0 saturated carbocycles. The summed E-state index contributed by atoms with van der Waals surface area (Å²) in [6.07, 6.45) is 0. The van der Waals surface area contributed by atoms with Gasteiger partial charge in [-0.15, -0.1) is 0 Å². The number of hydrogen-bond acceptors (Lipinski definition) is 6. The second-order valence-corrected chi connectivity index (χ2v) is 6.02. The van der Waals surface area contributed by atoms with E-state index in [-0.39, 0.29) is 5.54 Å². The molecule has 0 unspecified atom stereocenters. The maximum atomic E-state index is 5.33. The van der Waals surface area contributed by atoms with Crippen molar-refractivity contribution in [2.75, 3.05) is 32.4 Å². The van der Waals surface area contributed by atoms with E-state index >= 15 is 0 Å². The molecule has 6 heteroatoms. The van der Waals surface area contributed by atoms with Crippen LogP contribution in [0.5, 0.6) is 17.2 Å². The third kappa shape index (κ3) is 3.12. The average molecular weight is 296 g/mol. The number of ether oxygens (including phenoxy) is 3. The predicted octanol–water partition coefficient (Wildman–Crippen LogP) is 3.01. The summed E-state index contributed by atoms with van der Waals surface area (Å²) in [5.74, 6) is 2.80. The van der Waals surface area contributed by atoms with E-state index in [1.807, 2.05) is 12.1 Å². The molecule has 0 spiro atoms. The molecule has 1 aromatic carbocycles. The molecule has 0 fully saturated rings. The molecule has 0 aliphatic carbocycles. The van der Waals surface area contributed by atoms with E-state index in [4.69, 9.17) is 14.2 Å². The maximum absolute atomic E-state index is 5.33. The Labute approximate surface area is 123 Å². The Balaban J connectivity index is 2.29. The molecule has 0 atom stereocenters. The van der Waals surface area contributed by atoms with E-state index in [2.05, 4.69) is 24.2 Å². The number of nitrogens with one attached hydrogen (secondary N) is 1. The highest BCUT2D eigenvalue weighted by molar-refractivity contribution is 8.14. The first kappa shape index (κ1) is 14.8. The van der Waals surface area contributed by atoms with Crippen molar-refractivity contribution < 1.29 is 14.2 Å². The summed E-state index contributed by atoms with van der Waals surface area (Å²) in [7, 11) is 4.80. The zero-order valence-corrected chi connectivity index (χ0v) is 13.3. The molecule has 1 heterocycles. The van der Waals surface area contributed by atoms with E-state index in [1.165, 1.54) is 0 Å². The van der Waals surface area contributed by atoms with Gasteiger partial charge in [-0.25, -0.2) is 0 Å². The largest absolute Gasteiger partial charge is 0.493 e. The topological polar surface area (TPSA) is 52.1 Å². The van der Waals surface area contributed by atoms with Gasteiger partial charge < -0.3 is 19.5 Å². The number of benzene rings is 1. The molecule has 5 nitrogen and oxygen atoms in total. The van der Waals surface area contributed by atoms with Gasteiger partial charge in [0.1, 0.15) is 0 Å². The number of thioether (sulfide) groups is 1. The Morgan fingerprint density at radius 2 is 1.70 bits per heavy atom. The van der Waals surface area contributed by atoms with Crippen LogP contribution in [0.3, 0.4) is 0 Å². The van der Waals surface area contributed by atoms with Gasteiger partial charge in [-0.2, -0.15) is 0 Å².